The van der Waals surface area contributed by atoms with Gasteiger partial charge in [0, 0.05) is 16.8 Å². The second kappa shape index (κ2) is 9.97. The van der Waals surface area contributed by atoms with Crippen LogP contribution in [0.1, 0.15) is 26.5 Å². The summed E-state index contributed by atoms with van der Waals surface area (Å²) in [7, 11) is 4.43. The third kappa shape index (κ3) is 5.21. The fraction of sp³-hybridized carbons (Fsp3) is 0.136. The summed E-state index contributed by atoms with van der Waals surface area (Å²) in [5, 5.41) is 6.59. The monoisotopic (exact) mass is 423 g/mol. The first-order valence-electron chi connectivity index (χ1n) is 9.14. The van der Waals surface area contributed by atoms with Gasteiger partial charge in [-0.1, -0.05) is 0 Å². The lowest BCUT2D eigenvalue weighted by atomic mass is 10.1. The van der Waals surface area contributed by atoms with Crippen LogP contribution in [0.15, 0.2) is 64.3 Å². The second-order valence-electron chi connectivity index (χ2n) is 6.16. The van der Waals surface area contributed by atoms with Crippen LogP contribution in [0.25, 0.3) is 0 Å². The Bertz CT molecular complexity index is 1050. The molecule has 9 heteroatoms. The molecular weight excluding hydrogens is 402 g/mol. The summed E-state index contributed by atoms with van der Waals surface area (Å²) in [6.45, 7) is 0. The van der Waals surface area contributed by atoms with Gasteiger partial charge in [0.15, 0.2) is 11.5 Å². The lowest BCUT2D eigenvalue weighted by Gasteiger charge is -2.14. The fourth-order valence-electron chi connectivity index (χ4n) is 2.70. The molecule has 3 rings (SSSR count). The Morgan fingerprint density at radius 3 is 2.13 bits per heavy atom. The summed E-state index contributed by atoms with van der Waals surface area (Å²) in [6, 6.07) is 12.9. The number of anilines is 1. The number of hydrazone groups is 1. The summed E-state index contributed by atoms with van der Waals surface area (Å²) in [5.74, 6) is 0.879. The van der Waals surface area contributed by atoms with E-state index in [0.29, 0.717) is 39.8 Å². The van der Waals surface area contributed by atoms with E-state index in [0.717, 1.165) is 0 Å². The summed E-state index contributed by atoms with van der Waals surface area (Å²) in [4.78, 5) is 24.8. The Balaban J connectivity index is 1.66. The molecule has 0 radical (unpaired) electrons. The number of furan rings is 1. The van der Waals surface area contributed by atoms with Gasteiger partial charge in [-0.3, -0.25) is 9.59 Å². The number of hydrogen-bond donors (Lipinski definition) is 2. The van der Waals surface area contributed by atoms with Gasteiger partial charge in [0.25, 0.3) is 11.8 Å². The molecule has 160 valence electrons. The summed E-state index contributed by atoms with van der Waals surface area (Å²) >= 11 is 0. The highest BCUT2D eigenvalue weighted by Crippen LogP contribution is 2.38. The molecule has 1 aromatic heterocycles. The molecule has 2 N–H and O–H groups in total. The van der Waals surface area contributed by atoms with Gasteiger partial charge in [0.2, 0.25) is 5.75 Å². The van der Waals surface area contributed by atoms with Gasteiger partial charge in [0.05, 0.1) is 33.8 Å². The minimum atomic E-state index is -0.398. The molecule has 0 bridgehead atoms. The molecule has 0 aliphatic carbocycles. The number of benzene rings is 2. The lowest BCUT2D eigenvalue weighted by Crippen LogP contribution is -2.17. The van der Waals surface area contributed by atoms with Crippen LogP contribution in [0.4, 0.5) is 5.69 Å². The van der Waals surface area contributed by atoms with E-state index in [2.05, 4.69) is 15.8 Å². The Morgan fingerprint density at radius 2 is 1.58 bits per heavy atom. The van der Waals surface area contributed by atoms with Crippen molar-refractivity contribution in [3.63, 3.8) is 0 Å². The molecule has 1 heterocycles. The zero-order chi connectivity index (χ0) is 22.2. The number of ether oxygens (including phenoxy) is 3. The zero-order valence-corrected chi connectivity index (χ0v) is 17.2. The normalized spacial score (nSPS) is 10.5. The summed E-state index contributed by atoms with van der Waals surface area (Å²) < 4.78 is 20.9. The van der Waals surface area contributed by atoms with E-state index < -0.39 is 5.91 Å². The van der Waals surface area contributed by atoms with E-state index in [1.54, 1.807) is 48.5 Å². The van der Waals surface area contributed by atoms with Crippen LogP contribution in [-0.4, -0.2) is 39.4 Å². The molecule has 0 aliphatic heterocycles. The van der Waals surface area contributed by atoms with E-state index in [1.165, 1.54) is 33.8 Å². The van der Waals surface area contributed by atoms with Crippen molar-refractivity contribution in [3.05, 3.63) is 71.7 Å². The number of rotatable bonds is 8. The first-order chi connectivity index (χ1) is 15.0. The number of nitrogens with zero attached hydrogens (tertiary/aromatic N) is 1. The van der Waals surface area contributed by atoms with E-state index in [9.17, 15) is 9.59 Å². The Kier molecular flexibility index (Phi) is 6.89. The second-order valence-corrected chi connectivity index (χ2v) is 6.16. The van der Waals surface area contributed by atoms with Gasteiger partial charge in [-0.05, 0) is 48.5 Å². The highest BCUT2D eigenvalue weighted by atomic mass is 16.5. The maximum absolute atomic E-state index is 12.7. The predicted molar refractivity (Wildman–Crippen MR) is 114 cm³/mol. The molecule has 0 fully saturated rings. The van der Waals surface area contributed by atoms with E-state index in [1.807, 2.05) is 0 Å². The molecule has 0 aliphatic rings. The fourth-order valence-corrected chi connectivity index (χ4v) is 2.70. The number of methoxy groups -OCH3 is 3. The number of carbonyl (C=O) groups excluding carboxylic acids is 2. The van der Waals surface area contributed by atoms with Crippen LogP contribution in [0.3, 0.4) is 0 Å². The van der Waals surface area contributed by atoms with Crippen molar-refractivity contribution in [3.8, 4) is 17.2 Å². The van der Waals surface area contributed by atoms with Crippen LogP contribution in [-0.2, 0) is 0 Å². The maximum Gasteiger partial charge on any atom is 0.271 e. The zero-order valence-electron chi connectivity index (χ0n) is 17.2. The topological polar surface area (TPSA) is 111 Å². The molecule has 31 heavy (non-hydrogen) atoms. The largest absolute Gasteiger partial charge is 0.493 e. The summed E-state index contributed by atoms with van der Waals surface area (Å²) in [5.41, 5.74) is 3.61. The SMILES string of the molecule is COc1cc(C(=O)Nc2ccc(C(=O)N/N=C/c3ccco3)cc2)cc(OC)c1OC. The van der Waals surface area contributed by atoms with E-state index in [4.69, 9.17) is 18.6 Å². The Morgan fingerprint density at radius 1 is 0.903 bits per heavy atom. The standard InChI is InChI=1S/C22H21N3O6/c1-28-18-11-15(12-19(29-2)20(18)30-3)21(26)24-16-8-6-14(7-9-16)22(27)25-23-13-17-5-4-10-31-17/h4-13H,1-3H3,(H,24,26)(H,25,27)/b23-13+. The van der Waals surface area contributed by atoms with Crippen LogP contribution < -0.4 is 25.0 Å². The maximum atomic E-state index is 12.7. The number of amides is 2. The van der Waals surface area contributed by atoms with Crippen LogP contribution in [0, 0.1) is 0 Å². The van der Waals surface area contributed by atoms with Crippen LogP contribution in [0.5, 0.6) is 17.2 Å². The molecule has 0 atom stereocenters. The first-order valence-corrected chi connectivity index (χ1v) is 9.14. The van der Waals surface area contributed by atoms with Crippen molar-refractivity contribution in [2.45, 2.75) is 0 Å². The smallest absolute Gasteiger partial charge is 0.271 e. The van der Waals surface area contributed by atoms with Gasteiger partial charge in [0.1, 0.15) is 5.76 Å². The molecule has 2 amide bonds. The van der Waals surface area contributed by atoms with Crippen molar-refractivity contribution < 1.29 is 28.2 Å². The van der Waals surface area contributed by atoms with Crippen molar-refractivity contribution in [1.82, 2.24) is 5.43 Å². The quantitative estimate of drug-likeness (QED) is 0.425. The highest BCUT2D eigenvalue weighted by Gasteiger charge is 2.17. The average Bonchev–Trinajstić information content (AvgIpc) is 3.31. The molecular formula is C22H21N3O6. The third-order valence-electron chi connectivity index (χ3n) is 4.23. The predicted octanol–water partition coefficient (Wildman–Crippen LogP) is 3.32. The van der Waals surface area contributed by atoms with Gasteiger partial charge < -0.3 is 23.9 Å². The average molecular weight is 423 g/mol. The molecule has 0 unspecified atom stereocenters. The van der Waals surface area contributed by atoms with Gasteiger partial charge in [-0.15, -0.1) is 0 Å². The molecule has 3 aromatic rings. The minimum Gasteiger partial charge on any atom is -0.493 e. The van der Waals surface area contributed by atoms with Crippen molar-refractivity contribution >= 4 is 23.7 Å². The lowest BCUT2D eigenvalue weighted by molar-refractivity contribution is 0.0954. The molecule has 0 saturated carbocycles. The van der Waals surface area contributed by atoms with Crippen molar-refractivity contribution in [2.24, 2.45) is 5.10 Å². The third-order valence-corrected chi connectivity index (χ3v) is 4.23. The van der Waals surface area contributed by atoms with Gasteiger partial charge >= 0.3 is 0 Å². The molecule has 0 saturated heterocycles. The minimum absolute atomic E-state index is 0.323. The molecule has 2 aromatic carbocycles. The van der Waals surface area contributed by atoms with Gasteiger partial charge in [-0.2, -0.15) is 5.10 Å². The number of nitrogens with one attached hydrogen (secondary N) is 2. The summed E-state index contributed by atoms with van der Waals surface area (Å²) in [6.07, 6.45) is 2.90. The number of carbonyl (C=O) groups is 2. The Hall–Kier alpha value is -4.27. The molecule has 9 nitrogen and oxygen atoms in total. The Labute approximate surface area is 178 Å². The van der Waals surface area contributed by atoms with E-state index in [-0.39, 0.29) is 5.91 Å². The number of hydrogen-bond acceptors (Lipinski definition) is 7. The van der Waals surface area contributed by atoms with Crippen molar-refractivity contribution in [1.29, 1.82) is 0 Å². The van der Waals surface area contributed by atoms with Crippen LogP contribution in [0.2, 0.25) is 0 Å². The van der Waals surface area contributed by atoms with Crippen molar-refractivity contribution in [2.75, 3.05) is 26.6 Å². The van der Waals surface area contributed by atoms with E-state index >= 15 is 0 Å². The van der Waals surface area contributed by atoms with Gasteiger partial charge in [-0.25, -0.2) is 5.43 Å². The molecule has 0 spiro atoms. The first kappa shape index (κ1) is 21.4. The highest BCUT2D eigenvalue weighted by molar-refractivity contribution is 6.05. The van der Waals surface area contributed by atoms with Crippen LogP contribution >= 0.6 is 0 Å².